The van der Waals surface area contributed by atoms with Crippen molar-refractivity contribution in [3.05, 3.63) is 59.7 Å². The zero-order valence-electron chi connectivity index (χ0n) is 17.8. The van der Waals surface area contributed by atoms with Crippen LogP contribution < -0.4 is 21.7 Å². The van der Waals surface area contributed by atoms with Crippen LogP contribution in [-0.4, -0.2) is 41.7 Å². The fourth-order valence-electron chi connectivity index (χ4n) is 2.68. The number of ether oxygens (including phenoxy) is 1. The lowest BCUT2D eigenvalue weighted by Gasteiger charge is -2.15. The molecule has 0 aliphatic heterocycles. The van der Waals surface area contributed by atoms with Crippen molar-refractivity contribution in [1.29, 1.82) is 5.41 Å². The Morgan fingerprint density at radius 1 is 1.06 bits per heavy atom. The van der Waals surface area contributed by atoms with Gasteiger partial charge in [-0.25, -0.2) is 9.59 Å². The van der Waals surface area contributed by atoms with Gasteiger partial charge in [-0.3, -0.25) is 10.2 Å². The van der Waals surface area contributed by atoms with Gasteiger partial charge in [0.05, 0.1) is 6.61 Å². The minimum absolute atomic E-state index is 0.0547. The van der Waals surface area contributed by atoms with Crippen LogP contribution in [0.25, 0.3) is 0 Å². The molecule has 0 saturated heterocycles. The molecule has 0 spiro atoms. The van der Waals surface area contributed by atoms with E-state index in [1.807, 2.05) is 13.8 Å². The molecule has 0 aliphatic carbocycles. The lowest BCUT2D eigenvalue weighted by atomic mass is 10.1. The van der Waals surface area contributed by atoms with Crippen molar-refractivity contribution in [2.75, 3.05) is 17.2 Å². The highest BCUT2D eigenvalue weighted by Gasteiger charge is 2.21. The number of carboxylic acids is 1. The maximum atomic E-state index is 12.5. The van der Waals surface area contributed by atoms with Crippen LogP contribution >= 0.6 is 0 Å². The topological polar surface area (TPSA) is 167 Å². The zero-order chi connectivity index (χ0) is 23.7. The van der Waals surface area contributed by atoms with Gasteiger partial charge >= 0.3 is 12.1 Å². The first-order valence-corrected chi connectivity index (χ1v) is 9.91. The Morgan fingerprint density at radius 2 is 1.75 bits per heavy atom. The van der Waals surface area contributed by atoms with Gasteiger partial charge in [0.15, 0.2) is 5.96 Å². The maximum absolute atomic E-state index is 12.5. The molecule has 0 bridgehead atoms. The van der Waals surface area contributed by atoms with Crippen molar-refractivity contribution in [1.82, 2.24) is 5.32 Å². The lowest BCUT2D eigenvalue weighted by molar-refractivity contribution is -0.139. The van der Waals surface area contributed by atoms with E-state index in [0.29, 0.717) is 22.5 Å². The molecule has 2 amide bonds. The highest BCUT2D eigenvalue weighted by molar-refractivity contribution is 6.05. The van der Waals surface area contributed by atoms with E-state index in [2.05, 4.69) is 16.0 Å². The van der Waals surface area contributed by atoms with E-state index < -0.39 is 18.1 Å². The number of benzene rings is 2. The van der Waals surface area contributed by atoms with E-state index in [1.165, 1.54) is 0 Å². The quantitative estimate of drug-likeness (QED) is 0.257. The number of alkyl carbamates (subject to hydrolysis) is 1. The minimum atomic E-state index is -1.18. The summed E-state index contributed by atoms with van der Waals surface area (Å²) < 4.78 is 4.97. The van der Waals surface area contributed by atoms with Gasteiger partial charge in [-0.1, -0.05) is 32.0 Å². The molecule has 2 aromatic rings. The first-order valence-electron chi connectivity index (χ1n) is 9.91. The molecule has 0 aromatic heterocycles. The number of carboxylic acid groups (broad SMARTS) is 1. The van der Waals surface area contributed by atoms with Crippen LogP contribution in [0.2, 0.25) is 0 Å². The van der Waals surface area contributed by atoms with Crippen molar-refractivity contribution in [3.63, 3.8) is 0 Å². The number of carbonyl (C=O) groups excluding carboxylic acids is 2. The van der Waals surface area contributed by atoms with Crippen LogP contribution in [0.1, 0.15) is 29.8 Å². The fraction of sp³-hybridized carbons (Fsp3) is 0.273. The fourth-order valence-corrected chi connectivity index (χ4v) is 2.68. The minimum Gasteiger partial charge on any atom is -0.480 e. The summed E-state index contributed by atoms with van der Waals surface area (Å²) in [5.41, 5.74) is 7.36. The normalized spacial score (nSPS) is 11.3. The van der Waals surface area contributed by atoms with Crippen LogP contribution in [-0.2, 0) is 16.0 Å². The van der Waals surface area contributed by atoms with Crippen LogP contribution in [0.3, 0.4) is 0 Å². The molecule has 0 aliphatic rings. The van der Waals surface area contributed by atoms with E-state index in [9.17, 15) is 19.5 Å². The molecule has 10 heteroatoms. The third-order valence-corrected chi connectivity index (χ3v) is 4.19. The predicted octanol–water partition coefficient (Wildman–Crippen LogP) is 2.62. The molecule has 2 aromatic carbocycles. The molecular formula is C22H27N5O5. The van der Waals surface area contributed by atoms with Gasteiger partial charge < -0.3 is 31.5 Å². The highest BCUT2D eigenvalue weighted by Crippen LogP contribution is 2.15. The Morgan fingerprint density at radius 3 is 2.34 bits per heavy atom. The Balaban J connectivity index is 1.98. The second-order valence-electron chi connectivity index (χ2n) is 7.50. The van der Waals surface area contributed by atoms with Crippen LogP contribution in [0.5, 0.6) is 0 Å². The SMILES string of the molecule is CC(C)COC(=O)NC(Cc1ccc(NC(=O)c2cccc(NC(=N)N)c2)cc1)C(=O)O. The Hall–Kier alpha value is -4.08. The second-order valence-corrected chi connectivity index (χ2v) is 7.50. The molecule has 32 heavy (non-hydrogen) atoms. The molecule has 0 fully saturated rings. The summed E-state index contributed by atoms with van der Waals surface area (Å²) in [5, 5.41) is 24.4. The molecular weight excluding hydrogens is 414 g/mol. The summed E-state index contributed by atoms with van der Waals surface area (Å²) in [4.78, 5) is 35.7. The number of rotatable bonds is 9. The summed E-state index contributed by atoms with van der Waals surface area (Å²) in [6.07, 6.45) is -0.726. The molecule has 170 valence electrons. The average molecular weight is 441 g/mol. The van der Waals surface area contributed by atoms with E-state index in [0.717, 1.165) is 0 Å². The molecule has 1 atom stereocenters. The molecule has 7 N–H and O–H groups in total. The van der Waals surface area contributed by atoms with Crippen LogP contribution in [0.15, 0.2) is 48.5 Å². The standard InChI is InChI=1S/C22H27N5O5/c1-13(2)12-32-22(31)27-18(20(29)30)10-14-6-8-16(9-7-14)25-19(28)15-4-3-5-17(11-15)26-21(23)24/h3-9,11,13,18H,10,12H2,1-2H3,(H,25,28)(H,27,31)(H,29,30)(H4,23,24,26). The predicted molar refractivity (Wildman–Crippen MR) is 121 cm³/mol. The smallest absolute Gasteiger partial charge is 0.407 e. The number of amides is 2. The summed E-state index contributed by atoms with van der Waals surface area (Å²) in [6.45, 7) is 3.95. The molecule has 1 unspecified atom stereocenters. The first kappa shape index (κ1) is 24.2. The van der Waals surface area contributed by atoms with Crippen molar-refractivity contribution in [2.45, 2.75) is 26.3 Å². The van der Waals surface area contributed by atoms with Crippen LogP contribution in [0.4, 0.5) is 16.2 Å². The molecule has 0 radical (unpaired) electrons. The van der Waals surface area contributed by atoms with Gasteiger partial charge in [0.25, 0.3) is 5.91 Å². The third-order valence-electron chi connectivity index (χ3n) is 4.19. The van der Waals surface area contributed by atoms with E-state index in [-0.39, 0.29) is 30.8 Å². The lowest BCUT2D eigenvalue weighted by Crippen LogP contribution is -2.42. The Labute approximate surface area is 185 Å². The largest absolute Gasteiger partial charge is 0.480 e. The molecule has 2 rings (SSSR count). The molecule has 0 saturated carbocycles. The van der Waals surface area contributed by atoms with Crippen molar-refractivity contribution in [3.8, 4) is 0 Å². The van der Waals surface area contributed by atoms with Gasteiger partial charge in [0, 0.05) is 23.4 Å². The second kappa shape index (κ2) is 11.3. The number of guanidine groups is 1. The van der Waals surface area contributed by atoms with Gasteiger partial charge in [0.2, 0.25) is 0 Å². The monoisotopic (exact) mass is 441 g/mol. The summed E-state index contributed by atoms with van der Waals surface area (Å²) in [6, 6.07) is 12.0. The number of anilines is 2. The number of aliphatic carboxylic acids is 1. The summed E-state index contributed by atoms with van der Waals surface area (Å²) in [7, 11) is 0. The van der Waals surface area contributed by atoms with Crippen molar-refractivity contribution >= 4 is 35.3 Å². The summed E-state index contributed by atoms with van der Waals surface area (Å²) >= 11 is 0. The Kier molecular flexibility index (Phi) is 8.58. The van der Waals surface area contributed by atoms with Crippen molar-refractivity contribution in [2.24, 2.45) is 11.7 Å². The first-order chi connectivity index (χ1) is 15.1. The highest BCUT2D eigenvalue weighted by atomic mass is 16.5. The number of carbonyl (C=O) groups is 3. The van der Waals surface area contributed by atoms with Gasteiger partial charge in [-0.15, -0.1) is 0 Å². The van der Waals surface area contributed by atoms with E-state index in [1.54, 1.807) is 48.5 Å². The van der Waals surface area contributed by atoms with Crippen LogP contribution in [0, 0.1) is 11.3 Å². The zero-order valence-corrected chi connectivity index (χ0v) is 17.8. The van der Waals surface area contributed by atoms with Crippen molar-refractivity contribution < 1.29 is 24.2 Å². The number of hydrogen-bond donors (Lipinski definition) is 6. The summed E-state index contributed by atoms with van der Waals surface area (Å²) in [5.74, 6) is -1.63. The van der Waals surface area contributed by atoms with E-state index >= 15 is 0 Å². The van der Waals surface area contributed by atoms with Gasteiger partial charge in [-0.2, -0.15) is 0 Å². The maximum Gasteiger partial charge on any atom is 0.407 e. The number of nitrogens with one attached hydrogen (secondary N) is 4. The average Bonchev–Trinajstić information content (AvgIpc) is 2.72. The molecule has 10 nitrogen and oxygen atoms in total. The van der Waals surface area contributed by atoms with E-state index in [4.69, 9.17) is 15.9 Å². The number of nitrogens with two attached hydrogens (primary N) is 1. The van der Waals surface area contributed by atoms with Gasteiger partial charge in [0.1, 0.15) is 6.04 Å². The Bertz CT molecular complexity index is 975. The number of hydrogen-bond acceptors (Lipinski definition) is 5. The van der Waals surface area contributed by atoms with Gasteiger partial charge in [-0.05, 0) is 41.8 Å². The third kappa shape index (κ3) is 7.98. The molecule has 0 heterocycles.